The van der Waals surface area contributed by atoms with Crippen LogP contribution >= 0.6 is 0 Å². The predicted octanol–water partition coefficient (Wildman–Crippen LogP) is 2.35. The number of hydrogen-bond acceptors (Lipinski definition) is 5. The zero-order valence-electron chi connectivity index (χ0n) is 11.0. The fourth-order valence-electron chi connectivity index (χ4n) is 1.56. The van der Waals surface area contributed by atoms with E-state index in [1.54, 1.807) is 24.3 Å². The second kappa shape index (κ2) is 7.28. The van der Waals surface area contributed by atoms with Gasteiger partial charge in [-0.05, 0) is 17.7 Å². The molecule has 1 aliphatic heterocycles. The number of ether oxygens (including phenoxy) is 3. The highest BCUT2D eigenvalue weighted by atomic mass is 19.4. The van der Waals surface area contributed by atoms with E-state index in [1.807, 2.05) is 0 Å². The van der Waals surface area contributed by atoms with Gasteiger partial charge in [-0.15, -0.1) is 0 Å². The zero-order valence-corrected chi connectivity index (χ0v) is 11.0. The third-order valence-electron chi connectivity index (χ3n) is 2.44. The van der Waals surface area contributed by atoms with Gasteiger partial charge in [0.15, 0.2) is 6.29 Å². The lowest BCUT2D eigenvalue weighted by Crippen LogP contribution is -2.18. The highest BCUT2D eigenvalue weighted by molar-refractivity contribution is 5.79. The van der Waals surface area contributed by atoms with E-state index in [1.165, 1.54) is 6.21 Å². The van der Waals surface area contributed by atoms with Crippen molar-refractivity contribution in [3.05, 3.63) is 29.8 Å². The third-order valence-corrected chi connectivity index (χ3v) is 2.44. The molecule has 21 heavy (non-hydrogen) atoms. The van der Waals surface area contributed by atoms with Gasteiger partial charge in [0.25, 0.3) is 0 Å². The minimum absolute atomic E-state index is 0.241. The Hall–Kier alpha value is -1.80. The molecule has 0 atom stereocenters. The monoisotopic (exact) mass is 305 g/mol. The first-order valence-electron chi connectivity index (χ1n) is 6.21. The van der Waals surface area contributed by atoms with Crippen molar-refractivity contribution in [1.82, 2.24) is 0 Å². The molecule has 0 bridgehead atoms. The Balaban J connectivity index is 1.81. The number of benzene rings is 1. The summed E-state index contributed by atoms with van der Waals surface area (Å²) in [5.74, 6) is 0.536. The second-order valence-corrected chi connectivity index (χ2v) is 4.18. The molecular weight excluding hydrogens is 291 g/mol. The highest BCUT2D eigenvalue weighted by Gasteiger charge is 2.28. The van der Waals surface area contributed by atoms with Crippen LogP contribution in [0.15, 0.2) is 29.4 Å². The molecule has 116 valence electrons. The Morgan fingerprint density at radius 1 is 1.29 bits per heavy atom. The van der Waals surface area contributed by atoms with Gasteiger partial charge in [-0.3, -0.25) is 0 Å². The van der Waals surface area contributed by atoms with Crippen LogP contribution in [0.5, 0.6) is 5.75 Å². The van der Waals surface area contributed by atoms with Crippen LogP contribution < -0.4 is 4.74 Å². The maximum atomic E-state index is 11.9. The first kappa shape index (κ1) is 15.6. The van der Waals surface area contributed by atoms with Crippen LogP contribution in [0.25, 0.3) is 0 Å². The average molecular weight is 305 g/mol. The standard InChI is InChI=1S/C13H14F3NO4/c14-13(15,16)9-21-17-7-10-2-1-3-11(6-10)20-8-12-18-4-5-19-12/h1-3,6-7,12H,4-5,8-9H2/b17-7-. The molecule has 0 N–H and O–H groups in total. The summed E-state index contributed by atoms with van der Waals surface area (Å²) in [6.07, 6.45) is -3.61. The van der Waals surface area contributed by atoms with Gasteiger partial charge < -0.3 is 19.0 Å². The minimum Gasteiger partial charge on any atom is -0.488 e. The van der Waals surface area contributed by atoms with Crippen molar-refractivity contribution in [2.24, 2.45) is 5.16 Å². The number of hydrogen-bond donors (Lipinski definition) is 0. The lowest BCUT2D eigenvalue weighted by molar-refractivity contribution is -0.173. The van der Waals surface area contributed by atoms with E-state index in [4.69, 9.17) is 14.2 Å². The van der Waals surface area contributed by atoms with E-state index >= 15 is 0 Å². The molecular formula is C13H14F3NO4. The van der Waals surface area contributed by atoms with E-state index < -0.39 is 19.1 Å². The molecule has 0 unspecified atom stereocenters. The second-order valence-electron chi connectivity index (χ2n) is 4.18. The Morgan fingerprint density at radius 2 is 2.05 bits per heavy atom. The van der Waals surface area contributed by atoms with Gasteiger partial charge in [0.05, 0.1) is 19.4 Å². The minimum atomic E-state index is -4.40. The van der Waals surface area contributed by atoms with Crippen LogP contribution in [-0.2, 0) is 14.3 Å². The highest BCUT2D eigenvalue weighted by Crippen LogP contribution is 2.16. The molecule has 0 amide bonds. The van der Waals surface area contributed by atoms with E-state index in [0.717, 1.165) is 0 Å². The lowest BCUT2D eigenvalue weighted by Gasteiger charge is -2.11. The summed E-state index contributed by atoms with van der Waals surface area (Å²) in [4.78, 5) is 4.15. The molecule has 1 aromatic carbocycles. The van der Waals surface area contributed by atoms with Gasteiger partial charge in [-0.2, -0.15) is 13.2 Å². The topological polar surface area (TPSA) is 49.3 Å². The predicted molar refractivity (Wildman–Crippen MR) is 67.2 cm³/mol. The quantitative estimate of drug-likeness (QED) is 0.598. The van der Waals surface area contributed by atoms with Crippen LogP contribution in [-0.4, -0.2) is 45.1 Å². The summed E-state index contributed by atoms with van der Waals surface area (Å²) in [5.41, 5.74) is 0.558. The van der Waals surface area contributed by atoms with Gasteiger partial charge in [0.1, 0.15) is 12.4 Å². The molecule has 0 aromatic heterocycles. The van der Waals surface area contributed by atoms with E-state index in [0.29, 0.717) is 24.5 Å². The molecule has 0 aliphatic carbocycles. The number of oxime groups is 1. The molecule has 8 heteroatoms. The molecule has 1 aliphatic rings. The Kier molecular flexibility index (Phi) is 5.40. The Bertz CT molecular complexity index is 473. The maximum absolute atomic E-state index is 11.9. The molecule has 0 radical (unpaired) electrons. The van der Waals surface area contributed by atoms with E-state index in [9.17, 15) is 13.2 Å². The van der Waals surface area contributed by atoms with Crippen molar-refractivity contribution >= 4 is 6.21 Å². The normalized spacial score (nSPS) is 16.5. The van der Waals surface area contributed by atoms with Crippen molar-refractivity contribution in [3.8, 4) is 5.75 Å². The van der Waals surface area contributed by atoms with Gasteiger partial charge in [0, 0.05) is 0 Å². The lowest BCUT2D eigenvalue weighted by atomic mass is 10.2. The van der Waals surface area contributed by atoms with Gasteiger partial charge in [-0.25, -0.2) is 0 Å². The van der Waals surface area contributed by atoms with Gasteiger partial charge in [-0.1, -0.05) is 17.3 Å². The molecule has 1 aromatic rings. The molecule has 1 saturated heterocycles. The van der Waals surface area contributed by atoms with Crippen molar-refractivity contribution < 1.29 is 32.2 Å². The Labute approximate surface area is 119 Å². The van der Waals surface area contributed by atoms with Gasteiger partial charge >= 0.3 is 6.18 Å². The van der Waals surface area contributed by atoms with Crippen molar-refractivity contribution in [2.45, 2.75) is 12.5 Å². The van der Waals surface area contributed by atoms with E-state index in [-0.39, 0.29) is 6.61 Å². The molecule has 0 saturated carbocycles. The van der Waals surface area contributed by atoms with Crippen LogP contribution in [0.4, 0.5) is 13.2 Å². The molecule has 1 fully saturated rings. The maximum Gasteiger partial charge on any atom is 0.425 e. The van der Waals surface area contributed by atoms with Crippen LogP contribution in [0, 0.1) is 0 Å². The first-order chi connectivity index (χ1) is 10.0. The van der Waals surface area contributed by atoms with Crippen molar-refractivity contribution in [1.29, 1.82) is 0 Å². The SMILES string of the molecule is FC(F)(F)CO/N=C\c1cccc(OCC2OCCO2)c1. The van der Waals surface area contributed by atoms with Crippen LogP contribution in [0.3, 0.4) is 0 Å². The summed E-state index contributed by atoms with van der Waals surface area (Å²) in [6, 6.07) is 6.69. The third kappa shape index (κ3) is 6.01. The molecule has 5 nitrogen and oxygen atoms in total. The summed E-state index contributed by atoms with van der Waals surface area (Å²) < 4.78 is 51.4. The molecule has 0 spiro atoms. The number of halogens is 3. The first-order valence-corrected chi connectivity index (χ1v) is 6.21. The summed E-state index contributed by atoms with van der Waals surface area (Å²) in [6.45, 7) is -0.101. The van der Waals surface area contributed by atoms with Crippen LogP contribution in [0.2, 0.25) is 0 Å². The van der Waals surface area contributed by atoms with E-state index in [2.05, 4.69) is 9.99 Å². The fourth-order valence-corrected chi connectivity index (χ4v) is 1.56. The molecule has 2 rings (SSSR count). The average Bonchev–Trinajstić information content (AvgIpc) is 2.94. The smallest absolute Gasteiger partial charge is 0.425 e. The number of rotatable bonds is 6. The van der Waals surface area contributed by atoms with Crippen molar-refractivity contribution in [3.63, 3.8) is 0 Å². The summed E-state index contributed by atoms with van der Waals surface area (Å²) in [7, 11) is 0. The summed E-state index contributed by atoms with van der Waals surface area (Å²) in [5, 5.41) is 3.26. The van der Waals surface area contributed by atoms with Crippen molar-refractivity contribution in [2.75, 3.05) is 26.4 Å². The van der Waals surface area contributed by atoms with Gasteiger partial charge in [0.2, 0.25) is 6.61 Å². The Morgan fingerprint density at radius 3 is 2.76 bits per heavy atom. The summed E-state index contributed by atoms with van der Waals surface area (Å²) >= 11 is 0. The number of alkyl halides is 3. The number of nitrogens with zero attached hydrogens (tertiary/aromatic N) is 1. The fraction of sp³-hybridized carbons (Fsp3) is 0.462. The molecule has 1 heterocycles. The van der Waals surface area contributed by atoms with Crippen LogP contribution in [0.1, 0.15) is 5.56 Å². The largest absolute Gasteiger partial charge is 0.488 e. The zero-order chi connectivity index (χ0) is 15.1.